The van der Waals surface area contributed by atoms with Gasteiger partial charge in [0.25, 0.3) is 0 Å². The van der Waals surface area contributed by atoms with Crippen molar-refractivity contribution in [1.82, 2.24) is 14.8 Å². The van der Waals surface area contributed by atoms with Gasteiger partial charge in [-0.15, -0.1) is 5.10 Å². The van der Waals surface area contributed by atoms with E-state index in [4.69, 9.17) is 5.73 Å². The minimum Gasteiger partial charge on any atom is -0.368 e. The first-order valence-electron chi connectivity index (χ1n) is 6.12. The topological polar surface area (TPSA) is 60.0 Å². The molecule has 0 amide bonds. The Labute approximate surface area is 96.6 Å². The maximum Gasteiger partial charge on any atom is 0.246 e. The van der Waals surface area contributed by atoms with Gasteiger partial charge in [-0.1, -0.05) is 13.8 Å². The van der Waals surface area contributed by atoms with E-state index in [1.165, 1.54) is 19.3 Å². The summed E-state index contributed by atoms with van der Waals surface area (Å²) in [6, 6.07) is 0. The van der Waals surface area contributed by atoms with E-state index in [2.05, 4.69) is 28.8 Å². The van der Waals surface area contributed by atoms with Crippen LogP contribution in [0.15, 0.2) is 0 Å². The van der Waals surface area contributed by atoms with Crippen LogP contribution in [0.1, 0.15) is 33.1 Å². The van der Waals surface area contributed by atoms with Gasteiger partial charge in [-0.25, -0.2) is 4.68 Å². The van der Waals surface area contributed by atoms with Gasteiger partial charge in [-0.05, 0) is 25.2 Å². The second-order valence-electron chi connectivity index (χ2n) is 4.89. The first kappa shape index (κ1) is 11.2. The van der Waals surface area contributed by atoms with E-state index in [9.17, 15) is 0 Å². The van der Waals surface area contributed by atoms with Crippen LogP contribution in [-0.2, 0) is 6.54 Å². The Kier molecular flexibility index (Phi) is 3.31. The van der Waals surface area contributed by atoms with E-state index in [-0.39, 0.29) is 0 Å². The van der Waals surface area contributed by atoms with Gasteiger partial charge in [-0.2, -0.15) is 4.98 Å². The largest absolute Gasteiger partial charge is 0.368 e. The van der Waals surface area contributed by atoms with Gasteiger partial charge in [0.1, 0.15) is 0 Å². The zero-order valence-corrected chi connectivity index (χ0v) is 10.2. The zero-order chi connectivity index (χ0) is 11.5. The Hall–Kier alpha value is -1.26. The van der Waals surface area contributed by atoms with Gasteiger partial charge in [-0.3, -0.25) is 0 Å². The normalized spacial score (nSPS) is 17.1. The van der Waals surface area contributed by atoms with Crippen LogP contribution in [0.3, 0.4) is 0 Å². The first-order valence-corrected chi connectivity index (χ1v) is 6.12. The lowest BCUT2D eigenvalue weighted by atomic mass is 10.1. The van der Waals surface area contributed by atoms with Crippen molar-refractivity contribution in [2.45, 2.75) is 39.7 Å². The molecule has 1 aliphatic rings. The van der Waals surface area contributed by atoms with E-state index in [1.54, 1.807) is 0 Å². The monoisotopic (exact) mass is 223 g/mol. The molecule has 0 atom stereocenters. The second kappa shape index (κ2) is 4.72. The fourth-order valence-corrected chi connectivity index (χ4v) is 2.05. The van der Waals surface area contributed by atoms with Crippen molar-refractivity contribution >= 4 is 11.9 Å². The Bertz CT molecular complexity index is 338. The number of piperidine rings is 1. The van der Waals surface area contributed by atoms with Crippen molar-refractivity contribution in [3.63, 3.8) is 0 Å². The third-order valence-corrected chi connectivity index (χ3v) is 2.87. The molecule has 1 fully saturated rings. The fourth-order valence-electron chi connectivity index (χ4n) is 2.05. The van der Waals surface area contributed by atoms with Crippen LogP contribution in [0.4, 0.5) is 11.9 Å². The Morgan fingerprint density at radius 1 is 1.25 bits per heavy atom. The molecule has 16 heavy (non-hydrogen) atoms. The minimum absolute atomic E-state index is 0.536. The summed E-state index contributed by atoms with van der Waals surface area (Å²) in [6.07, 6.45) is 3.79. The molecule has 0 unspecified atom stereocenters. The third-order valence-electron chi connectivity index (χ3n) is 2.87. The molecule has 1 aromatic rings. The van der Waals surface area contributed by atoms with Crippen LogP contribution in [-0.4, -0.2) is 27.9 Å². The van der Waals surface area contributed by atoms with Crippen LogP contribution in [0, 0.1) is 5.92 Å². The number of hydrogen-bond acceptors (Lipinski definition) is 4. The molecule has 2 N–H and O–H groups in total. The highest BCUT2D eigenvalue weighted by Crippen LogP contribution is 2.17. The maximum absolute atomic E-state index is 5.86. The van der Waals surface area contributed by atoms with Crippen LogP contribution in [0.2, 0.25) is 0 Å². The molecular formula is C11H21N5. The summed E-state index contributed by atoms with van der Waals surface area (Å²) in [6.45, 7) is 7.27. The predicted molar refractivity (Wildman–Crippen MR) is 65.3 cm³/mol. The van der Waals surface area contributed by atoms with Gasteiger partial charge in [0, 0.05) is 19.6 Å². The molecule has 2 rings (SSSR count). The Balaban J connectivity index is 2.09. The lowest BCUT2D eigenvalue weighted by molar-refractivity contribution is 0.485. The molecule has 5 heteroatoms. The maximum atomic E-state index is 5.86. The molecule has 1 aromatic heterocycles. The van der Waals surface area contributed by atoms with Gasteiger partial charge in [0.2, 0.25) is 11.9 Å². The fraction of sp³-hybridized carbons (Fsp3) is 0.818. The number of nitrogen functional groups attached to an aromatic ring is 1. The molecule has 1 aliphatic heterocycles. The lowest BCUT2D eigenvalue weighted by Crippen LogP contribution is -2.30. The zero-order valence-electron chi connectivity index (χ0n) is 10.2. The first-order chi connectivity index (χ1) is 7.66. The molecule has 0 bridgehead atoms. The molecule has 0 aliphatic carbocycles. The smallest absolute Gasteiger partial charge is 0.246 e. The molecule has 0 aromatic carbocycles. The van der Waals surface area contributed by atoms with Crippen LogP contribution < -0.4 is 10.6 Å². The van der Waals surface area contributed by atoms with Crippen LogP contribution in [0.5, 0.6) is 0 Å². The lowest BCUT2D eigenvalue weighted by Gasteiger charge is -2.24. The van der Waals surface area contributed by atoms with Gasteiger partial charge in [0.05, 0.1) is 0 Å². The minimum atomic E-state index is 0.536. The third kappa shape index (κ3) is 2.46. The summed E-state index contributed by atoms with van der Waals surface area (Å²) >= 11 is 0. The van der Waals surface area contributed by atoms with Crippen molar-refractivity contribution < 1.29 is 0 Å². The van der Waals surface area contributed by atoms with Gasteiger partial charge < -0.3 is 10.6 Å². The molecular weight excluding hydrogens is 202 g/mol. The van der Waals surface area contributed by atoms with Crippen molar-refractivity contribution in [2.75, 3.05) is 23.7 Å². The van der Waals surface area contributed by atoms with Gasteiger partial charge in [0.15, 0.2) is 0 Å². The van der Waals surface area contributed by atoms with Crippen molar-refractivity contribution in [1.29, 1.82) is 0 Å². The average Bonchev–Trinajstić information content (AvgIpc) is 2.61. The molecule has 1 saturated heterocycles. The van der Waals surface area contributed by atoms with Crippen LogP contribution in [0.25, 0.3) is 0 Å². The molecule has 90 valence electrons. The predicted octanol–water partition coefficient (Wildman–Crippen LogP) is 1.51. The summed E-state index contributed by atoms with van der Waals surface area (Å²) in [7, 11) is 0. The number of anilines is 2. The van der Waals surface area contributed by atoms with E-state index < -0.39 is 0 Å². The molecule has 0 radical (unpaired) electrons. The standard InChI is InChI=1S/C11H21N5/c1-9(2)8-16-10(12)13-11(14-16)15-6-4-3-5-7-15/h9H,3-8H2,1-2H3,(H2,12,13,14). The second-order valence-corrected chi connectivity index (χ2v) is 4.89. The van der Waals surface area contributed by atoms with Crippen molar-refractivity contribution in [2.24, 2.45) is 5.92 Å². The number of nitrogens with two attached hydrogens (primary N) is 1. The van der Waals surface area contributed by atoms with Crippen LogP contribution >= 0.6 is 0 Å². The number of aromatic nitrogens is 3. The molecule has 2 heterocycles. The summed E-state index contributed by atoms with van der Waals surface area (Å²) < 4.78 is 1.81. The number of hydrogen-bond donors (Lipinski definition) is 1. The van der Waals surface area contributed by atoms with Crippen molar-refractivity contribution in [3.05, 3.63) is 0 Å². The van der Waals surface area contributed by atoms with Gasteiger partial charge >= 0.3 is 0 Å². The highest BCUT2D eigenvalue weighted by atomic mass is 15.4. The van der Waals surface area contributed by atoms with E-state index in [0.29, 0.717) is 11.9 Å². The Morgan fingerprint density at radius 3 is 2.56 bits per heavy atom. The molecule has 5 nitrogen and oxygen atoms in total. The summed E-state index contributed by atoms with van der Waals surface area (Å²) in [5.41, 5.74) is 5.86. The van der Waals surface area contributed by atoms with E-state index in [0.717, 1.165) is 25.6 Å². The quantitative estimate of drug-likeness (QED) is 0.843. The van der Waals surface area contributed by atoms with E-state index in [1.807, 2.05) is 4.68 Å². The summed E-state index contributed by atoms with van der Waals surface area (Å²) in [5.74, 6) is 1.88. The molecule has 0 spiro atoms. The number of rotatable bonds is 3. The SMILES string of the molecule is CC(C)Cn1nc(N2CCCCC2)nc1N. The number of nitrogens with zero attached hydrogens (tertiary/aromatic N) is 4. The summed E-state index contributed by atoms with van der Waals surface area (Å²) in [5, 5.41) is 4.48. The Morgan fingerprint density at radius 2 is 1.94 bits per heavy atom. The summed E-state index contributed by atoms with van der Waals surface area (Å²) in [4.78, 5) is 6.58. The highest BCUT2D eigenvalue weighted by Gasteiger charge is 2.17. The molecule has 0 saturated carbocycles. The highest BCUT2D eigenvalue weighted by molar-refractivity contribution is 5.35. The average molecular weight is 223 g/mol. The van der Waals surface area contributed by atoms with E-state index >= 15 is 0 Å². The van der Waals surface area contributed by atoms with Crippen molar-refractivity contribution in [3.8, 4) is 0 Å².